The normalized spacial score (nSPS) is 12.8. The van der Waals surface area contributed by atoms with E-state index in [4.69, 9.17) is 0 Å². The lowest BCUT2D eigenvalue weighted by Gasteiger charge is -2.25. The number of carbonyl (C=O) groups is 1. The van der Waals surface area contributed by atoms with E-state index < -0.39 is 12.1 Å². The summed E-state index contributed by atoms with van der Waals surface area (Å²) < 4.78 is 0. The SMILES string of the molecule is CCCCCCCCCCCCCCCCCCCCCC(=O)NC(CC)NC(C)(O)O. The molecule has 0 radical (unpaired) electrons. The first-order valence-electron chi connectivity index (χ1n) is 13.9. The summed E-state index contributed by atoms with van der Waals surface area (Å²) in [6.45, 7) is 5.42. The molecule has 0 aliphatic heterocycles. The third-order valence-corrected chi connectivity index (χ3v) is 6.20. The van der Waals surface area contributed by atoms with Gasteiger partial charge in [-0.15, -0.1) is 0 Å². The Morgan fingerprint density at radius 3 is 1.31 bits per heavy atom. The minimum Gasteiger partial charge on any atom is -0.354 e. The first-order chi connectivity index (χ1) is 15.4. The van der Waals surface area contributed by atoms with Crippen LogP contribution in [0, 0.1) is 0 Å². The smallest absolute Gasteiger partial charge is 0.221 e. The molecule has 0 fully saturated rings. The highest BCUT2D eigenvalue weighted by molar-refractivity contribution is 5.76. The van der Waals surface area contributed by atoms with E-state index in [0.717, 1.165) is 12.8 Å². The van der Waals surface area contributed by atoms with Crippen molar-refractivity contribution in [1.82, 2.24) is 10.6 Å². The minimum absolute atomic E-state index is 0.0272. The van der Waals surface area contributed by atoms with Gasteiger partial charge in [-0.05, 0) is 12.8 Å². The summed E-state index contributed by atoms with van der Waals surface area (Å²) in [5, 5.41) is 24.1. The van der Waals surface area contributed by atoms with Crippen LogP contribution >= 0.6 is 0 Å². The van der Waals surface area contributed by atoms with Gasteiger partial charge in [0.1, 0.15) is 0 Å². The van der Waals surface area contributed by atoms with Crippen LogP contribution in [0.25, 0.3) is 0 Å². The van der Waals surface area contributed by atoms with E-state index in [-0.39, 0.29) is 5.91 Å². The van der Waals surface area contributed by atoms with Gasteiger partial charge in [-0.25, -0.2) is 5.32 Å². The highest BCUT2D eigenvalue weighted by atomic mass is 16.5. The van der Waals surface area contributed by atoms with Crippen LogP contribution in [-0.2, 0) is 4.79 Å². The van der Waals surface area contributed by atoms with Crippen LogP contribution in [0.4, 0.5) is 0 Å². The fourth-order valence-electron chi connectivity index (χ4n) is 4.20. The predicted molar refractivity (Wildman–Crippen MR) is 136 cm³/mol. The lowest BCUT2D eigenvalue weighted by molar-refractivity contribution is -0.178. The number of amides is 1. The summed E-state index contributed by atoms with van der Waals surface area (Å²) in [7, 11) is 0. The van der Waals surface area contributed by atoms with Gasteiger partial charge in [-0.3, -0.25) is 4.79 Å². The Morgan fingerprint density at radius 2 is 1.00 bits per heavy atom. The van der Waals surface area contributed by atoms with Crippen molar-refractivity contribution in [1.29, 1.82) is 0 Å². The highest BCUT2D eigenvalue weighted by Gasteiger charge is 2.20. The average molecular weight is 457 g/mol. The molecular formula is C27H56N2O3. The van der Waals surface area contributed by atoms with Crippen molar-refractivity contribution in [2.75, 3.05) is 0 Å². The lowest BCUT2D eigenvalue weighted by atomic mass is 10.0. The van der Waals surface area contributed by atoms with Gasteiger partial charge >= 0.3 is 0 Å². The molecule has 0 spiro atoms. The van der Waals surface area contributed by atoms with Gasteiger partial charge in [-0.2, -0.15) is 0 Å². The number of rotatable bonds is 24. The maximum atomic E-state index is 12.0. The molecule has 0 heterocycles. The second-order valence-corrected chi connectivity index (χ2v) is 9.81. The molecule has 1 unspecified atom stereocenters. The van der Waals surface area contributed by atoms with Crippen LogP contribution in [0.15, 0.2) is 0 Å². The largest absolute Gasteiger partial charge is 0.354 e. The van der Waals surface area contributed by atoms with Crippen LogP contribution in [-0.4, -0.2) is 28.2 Å². The lowest BCUT2D eigenvalue weighted by Crippen LogP contribution is -2.55. The number of nitrogens with one attached hydrogen (secondary N) is 2. The van der Waals surface area contributed by atoms with Gasteiger partial charge < -0.3 is 15.5 Å². The molecule has 1 amide bonds. The third-order valence-electron chi connectivity index (χ3n) is 6.20. The monoisotopic (exact) mass is 456 g/mol. The van der Waals surface area contributed by atoms with E-state index in [2.05, 4.69) is 17.6 Å². The van der Waals surface area contributed by atoms with Crippen molar-refractivity contribution in [3.8, 4) is 0 Å². The van der Waals surface area contributed by atoms with Gasteiger partial charge in [-0.1, -0.05) is 129 Å². The Morgan fingerprint density at radius 1 is 0.656 bits per heavy atom. The molecule has 5 nitrogen and oxygen atoms in total. The fourth-order valence-corrected chi connectivity index (χ4v) is 4.20. The van der Waals surface area contributed by atoms with Gasteiger partial charge in [0.05, 0.1) is 6.17 Å². The zero-order chi connectivity index (χ0) is 23.9. The van der Waals surface area contributed by atoms with Gasteiger partial charge in [0.2, 0.25) is 11.8 Å². The van der Waals surface area contributed by atoms with Crippen molar-refractivity contribution < 1.29 is 15.0 Å². The molecule has 32 heavy (non-hydrogen) atoms. The summed E-state index contributed by atoms with van der Waals surface area (Å²) in [5.41, 5.74) is 0. The van der Waals surface area contributed by atoms with E-state index >= 15 is 0 Å². The van der Waals surface area contributed by atoms with Crippen molar-refractivity contribution in [2.24, 2.45) is 0 Å². The number of hydrogen-bond acceptors (Lipinski definition) is 4. The van der Waals surface area contributed by atoms with Crippen LogP contribution in [0.3, 0.4) is 0 Å². The van der Waals surface area contributed by atoms with E-state index in [1.807, 2.05) is 6.92 Å². The Labute approximate surface area is 199 Å². The summed E-state index contributed by atoms with van der Waals surface area (Å²) in [4.78, 5) is 12.0. The predicted octanol–water partition coefficient (Wildman–Crippen LogP) is 6.91. The number of carbonyl (C=O) groups excluding carboxylic acids is 1. The number of aliphatic hydroxyl groups is 2. The molecule has 0 aliphatic rings. The van der Waals surface area contributed by atoms with Gasteiger partial charge in [0.25, 0.3) is 0 Å². The quantitative estimate of drug-likeness (QED) is 0.0939. The molecule has 4 N–H and O–H groups in total. The second kappa shape index (κ2) is 22.2. The molecule has 0 saturated carbocycles. The molecule has 0 bridgehead atoms. The summed E-state index contributed by atoms with van der Waals surface area (Å²) in [6.07, 6.45) is 26.2. The zero-order valence-electron chi connectivity index (χ0n) is 21.7. The van der Waals surface area contributed by atoms with Crippen molar-refractivity contribution in [3.05, 3.63) is 0 Å². The molecule has 0 aromatic rings. The third kappa shape index (κ3) is 24.0. The second-order valence-electron chi connectivity index (χ2n) is 9.81. The van der Waals surface area contributed by atoms with Crippen molar-refractivity contribution >= 4 is 5.91 Å². The molecule has 1 atom stereocenters. The van der Waals surface area contributed by atoms with E-state index in [1.54, 1.807) is 0 Å². The standard InChI is InChI=1S/C27H56N2O3/c1-4-6-7-8-9-10-11-12-13-14-15-16-17-18-19-20-21-22-23-24-26(30)28-25(5-2)29-27(3,31)32/h25,29,31-32H,4-24H2,1-3H3,(H,28,30). The first kappa shape index (κ1) is 31.4. The molecule has 5 heteroatoms. The van der Waals surface area contributed by atoms with Gasteiger partial charge in [0, 0.05) is 13.3 Å². The van der Waals surface area contributed by atoms with Gasteiger partial charge in [0.15, 0.2) is 0 Å². The summed E-state index contributed by atoms with van der Waals surface area (Å²) >= 11 is 0. The Balaban J connectivity index is 3.30. The molecule has 0 aromatic heterocycles. The first-order valence-corrected chi connectivity index (χ1v) is 13.9. The van der Waals surface area contributed by atoms with E-state index in [9.17, 15) is 15.0 Å². The zero-order valence-corrected chi connectivity index (χ0v) is 21.7. The van der Waals surface area contributed by atoms with E-state index in [1.165, 1.54) is 116 Å². The van der Waals surface area contributed by atoms with E-state index in [0.29, 0.717) is 12.8 Å². The topological polar surface area (TPSA) is 81.6 Å². The number of hydrogen-bond donors (Lipinski definition) is 4. The van der Waals surface area contributed by atoms with Crippen LogP contribution in [0.2, 0.25) is 0 Å². The Hall–Kier alpha value is -0.650. The molecule has 0 aliphatic carbocycles. The maximum Gasteiger partial charge on any atom is 0.221 e. The minimum atomic E-state index is -1.97. The van der Waals surface area contributed by atoms with Crippen molar-refractivity contribution in [2.45, 2.75) is 168 Å². The van der Waals surface area contributed by atoms with Crippen LogP contribution < -0.4 is 10.6 Å². The molecular weight excluding hydrogens is 400 g/mol. The average Bonchev–Trinajstić information content (AvgIpc) is 2.74. The Bertz CT molecular complexity index is 410. The molecule has 0 rings (SSSR count). The Kier molecular flexibility index (Phi) is 21.7. The maximum absolute atomic E-state index is 12.0. The highest BCUT2D eigenvalue weighted by Crippen LogP contribution is 2.14. The van der Waals surface area contributed by atoms with Crippen LogP contribution in [0.5, 0.6) is 0 Å². The van der Waals surface area contributed by atoms with Crippen LogP contribution in [0.1, 0.15) is 156 Å². The number of unbranched alkanes of at least 4 members (excludes halogenated alkanes) is 18. The summed E-state index contributed by atoms with van der Waals surface area (Å²) in [5.74, 6) is -2.00. The molecule has 0 aromatic carbocycles. The molecule has 192 valence electrons. The fraction of sp³-hybridized carbons (Fsp3) is 0.963. The molecule has 0 saturated heterocycles. The van der Waals surface area contributed by atoms with Crippen molar-refractivity contribution in [3.63, 3.8) is 0 Å². The summed E-state index contributed by atoms with van der Waals surface area (Å²) in [6, 6.07) is 0.